The van der Waals surface area contributed by atoms with Crippen molar-refractivity contribution in [1.29, 1.82) is 0 Å². The van der Waals surface area contributed by atoms with E-state index >= 15 is 0 Å². The maximum Gasteiger partial charge on any atom is 0.416 e. The lowest BCUT2D eigenvalue weighted by Crippen LogP contribution is -2.16. The fourth-order valence-corrected chi connectivity index (χ4v) is 5.98. The highest BCUT2D eigenvalue weighted by Crippen LogP contribution is 2.37. The van der Waals surface area contributed by atoms with Crippen LogP contribution in [0.4, 0.5) is 13.2 Å². The number of halogens is 3. The van der Waals surface area contributed by atoms with Crippen LogP contribution in [0.3, 0.4) is 0 Å². The minimum absolute atomic E-state index is 0.0342. The molecular weight excluding hydrogens is 441 g/mol. The first kappa shape index (κ1) is 22.8. The summed E-state index contributed by atoms with van der Waals surface area (Å²) in [5.41, 5.74) is -0.460. The first-order valence-electron chi connectivity index (χ1n) is 10.6. The third kappa shape index (κ3) is 4.42. The Kier molecular flexibility index (Phi) is 6.33. The van der Waals surface area contributed by atoms with E-state index in [1.807, 2.05) is 0 Å². The molecule has 1 atom stereocenters. The predicted octanol–water partition coefficient (Wildman–Crippen LogP) is 4.32. The molecule has 2 aromatic carbocycles. The quantitative estimate of drug-likeness (QED) is 0.588. The fourth-order valence-electron chi connectivity index (χ4n) is 4.44. The summed E-state index contributed by atoms with van der Waals surface area (Å²) in [5, 5.41) is 13.6. The van der Waals surface area contributed by atoms with Crippen LogP contribution in [0.15, 0.2) is 53.4 Å². The molecule has 5 nitrogen and oxygen atoms in total. The molecule has 3 aromatic rings. The van der Waals surface area contributed by atoms with E-state index in [1.54, 1.807) is 18.2 Å². The van der Waals surface area contributed by atoms with Crippen LogP contribution in [0.2, 0.25) is 0 Å². The van der Waals surface area contributed by atoms with Gasteiger partial charge in [0.15, 0.2) is 0 Å². The smallest absolute Gasteiger partial charge is 0.390 e. The molecule has 172 valence electrons. The molecule has 4 rings (SSSR count). The number of hydrogen-bond donors (Lipinski definition) is 2. The number of hydrogen-bond acceptors (Lipinski definition) is 4. The molecule has 1 aliphatic rings. The van der Waals surface area contributed by atoms with Crippen LogP contribution in [0.25, 0.3) is 10.9 Å². The van der Waals surface area contributed by atoms with Gasteiger partial charge in [-0.1, -0.05) is 18.2 Å². The summed E-state index contributed by atoms with van der Waals surface area (Å²) in [4.78, 5) is -0.0546. The van der Waals surface area contributed by atoms with Crippen LogP contribution in [0.5, 0.6) is 0 Å². The van der Waals surface area contributed by atoms with Crippen molar-refractivity contribution in [1.82, 2.24) is 9.29 Å². The zero-order valence-corrected chi connectivity index (χ0v) is 18.2. The van der Waals surface area contributed by atoms with Crippen molar-refractivity contribution in [3.05, 3.63) is 65.4 Å². The number of rotatable bonds is 5. The first-order valence-corrected chi connectivity index (χ1v) is 12.0. The van der Waals surface area contributed by atoms with Crippen LogP contribution < -0.4 is 5.32 Å². The Hall–Kier alpha value is -2.36. The summed E-state index contributed by atoms with van der Waals surface area (Å²) in [7, 11) is -4.20. The summed E-state index contributed by atoms with van der Waals surface area (Å²) in [6, 6.07) is 11.0. The predicted molar refractivity (Wildman–Crippen MR) is 116 cm³/mol. The van der Waals surface area contributed by atoms with Crippen molar-refractivity contribution in [3.63, 3.8) is 0 Å². The molecule has 0 amide bonds. The highest BCUT2D eigenvalue weighted by Gasteiger charge is 2.34. The Morgan fingerprint density at radius 1 is 1.06 bits per heavy atom. The van der Waals surface area contributed by atoms with Gasteiger partial charge in [-0.3, -0.25) is 0 Å². The van der Waals surface area contributed by atoms with Crippen LogP contribution in [0, 0.1) is 5.92 Å². The zero-order chi connectivity index (χ0) is 22.9. The third-order valence-corrected chi connectivity index (χ3v) is 7.79. The Morgan fingerprint density at radius 2 is 1.81 bits per heavy atom. The summed E-state index contributed by atoms with van der Waals surface area (Å²) in [5.74, 6) is 0.198. The Balaban J connectivity index is 1.93. The van der Waals surface area contributed by atoms with Crippen molar-refractivity contribution in [3.8, 4) is 0 Å². The third-order valence-electron chi connectivity index (χ3n) is 6.01. The Morgan fingerprint density at radius 3 is 2.50 bits per heavy atom. The number of aromatic nitrogens is 1. The molecule has 1 saturated heterocycles. The normalized spacial score (nSPS) is 18.1. The monoisotopic (exact) mass is 466 g/mol. The fraction of sp³-hybridized carbons (Fsp3) is 0.391. The molecule has 9 heteroatoms. The maximum absolute atomic E-state index is 13.8. The van der Waals surface area contributed by atoms with Gasteiger partial charge in [-0.05, 0) is 80.6 Å². The van der Waals surface area contributed by atoms with Crippen molar-refractivity contribution in [2.24, 2.45) is 5.92 Å². The van der Waals surface area contributed by atoms with Gasteiger partial charge >= 0.3 is 6.18 Å². The average Bonchev–Trinajstić information content (AvgIpc) is 2.97. The van der Waals surface area contributed by atoms with Gasteiger partial charge in [-0.2, -0.15) is 13.2 Å². The number of benzene rings is 2. The lowest BCUT2D eigenvalue weighted by atomic mass is 9.90. The molecule has 0 spiro atoms. The second kappa shape index (κ2) is 8.88. The van der Waals surface area contributed by atoms with Crippen LogP contribution >= 0.6 is 0 Å². The molecule has 1 aliphatic heterocycles. The van der Waals surface area contributed by atoms with Gasteiger partial charge in [0.1, 0.15) is 0 Å². The summed E-state index contributed by atoms with van der Waals surface area (Å²) in [6.45, 7) is 1.07. The molecule has 2 N–H and O–H groups in total. The van der Waals surface area contributed by atoms with E-state index in [1.165, 1.54) is 18.2 Å². The molecule has 0 bridgehead atoms. The zero-order valence-electron chi connectivity index (χ0n) is 17.4. The Bertz CT molecular complexity index is 1200. The number of nitrogens with zero attached hydrogens (tertiary/aromatic N) is 1. The minimum atomic E-state index is -4.63. The minimum Gasteiger partial charge on any atom is -0.390 e. The van der Waals surface area contributed by atoms with Gasteiger partial charge in [0, 0.05) is 5.39 Å². The van der Waals surface area contributed by atoms with E-state index < -0.39 is 28.4 Å². The van der Waals surface area contributed by atoms with Gasteiger partial charge in [0.05, 0.1) is 28.3 Å². The number of nitrogens with one attached hydrogen (secondary N) is 1. The molecular formula is C23H25F3N2O3S. The molecule has 1 fully saturated rings. The number of alkyl halides is 3. The molecule has 2 heterocycles. The first-order chi connectivity index (χ1) is 15.2. The van der Waals surface area contributed by atoms with E-state index in [0.717, 1.165) is 48.5 Å². The lowest BCUT2D eigenvalue weighted by Gasteiger charge is -2.17. The second-order valence-electron chi connectivity index (χ2n) is 8.19. The molecule has 0 aliphatic carbocycles. The van der Waals surface area contributed by atoms with Gasteiger partial charge in [0.25, 0.3) is 10.0 Å². The largest absolute Gasteiger partial charge is 0.416 e. The summed E-state index contributed by atoms with van der Waals surface area (Å²) in [6.07, 6.45) is -1.53. The highest BCUT2D eigenvalue weighted by atomic mass is 32.2. The standard InChI is InChI=1S/C23H25F3N2O3S/c24-23(25,26)18-12-17(11-16-5-4-9-27-10-8-16)21-14-19(15-29)28(22(21)13-18)32(30,31)20-6-2-1-3-7-20/h1-3,6-7,12-14,16,27,29H,4-5,8-11,15H2. The molecule has 0 radical (unpaired) electrons. The molecule has 1 aromatic heterocycles. The van der Waals surface area contributed by atoms with Gasteiger partial charge in [-0.25, -0.2) is 12.4 Å². The van der Waals surface area contributed by atoms with E-state index in [0.29, 0.717) is 17.4 Å². The summed E-state index contributed by atoms with van der Waals surface area (Å²) >= 11 is 0. The molecule has 1 unspecified atom stereocenters. The van der Waals surface area contributed by atoms with Crippen molar-refractivity contribution in [2.45, 2.75) is 43.4 Å². The van der Waals surface area contributed by atoms with E-state index in [-0.39, 0.29) is 22.0 Å². The van der Waals surface area contributed by atoms with Crippen LogP contribution in [0.1, 0.15) is 36.1 Å². The van der Waals surface area contributed by atoms with Gasteiger partial charge in [-0.15, -0.1) is 0 Å². The Labute approximate surface area is 184 Å². The van der Waals surface area contributed by atoms with Gasteiger partial charge < -0.3 is 10.4 Å². The topological polar surface area (TPSA) is 71.3 Å². The SMILES string of the molecule is O=S(=O)(c1ccccc1)n1c(CO)cc2c(CC3CCCNCC3)cc(C(F)(F)F)cc21. The average molecular weight is 467 g/mol. The maximum atomic E-state index is 13.8. The van der Waals surface area contributed by atoms with Crippen molar-refractivity contribution < 1.29 is 26.7 Å². The van der Waals surface area contributed by atoms with Crippen LogP contribution in [-0.4, -0.2) is 30.6 Å². The van der Waals surface area contributed by atoms with Gasteiger partial charge in [0.2, 0.25) is 0 Å². The number of aliphatic hydroxyl groups is 1. The molecule has 0 saturated carbocycles. The lowest BCUT2D eigenvalue weighted by molar-refractivity contribution is -0.137. The van der Waals surface area contributed by atoms with Crippen molar-refractivity contribution in [2.75, 3.05) is 13.1 Å². The summed E-state index contributed by atoms with van der Waals surface area (Å²) < 4.78 is 68.9. The molecule has 32 heavy (non-hydrogen) atoms. The van der Waals surface area contributed by atoms with E-state index in [9.17, 15) is 26.7 Å². The number of aliphatic hydroxyl groups excluding tert-OH is 1. The van der Waals surface area contributed by atoms with Crippen LogP contribution in [-0.2, 0) is 29.2 Å². The highest BCUT2D eigenvalue weighted by molar-refractivity contribution is 7.90. The van der Waals surface area contributed by atoms with E-state index in [2.05, 4.69) is 5.32 Å². The second-order valence-corrected chi connectivity index (χ2v) is 9.98. The van der Waals surface area contributed by atoms with E-state index in [4.69, 9.17) is 0 Å². The number of fused-ring (bicyclic) bond motifs is 1. The van der Waals surface area contributed by atoms with Crippen molar-refractivity contribution >= 4 is 20.9 Å².